The van der Waals surface area contributed by atoms with Gasteiger partial charge >= 0.3 is 0 Å². The summed E-state index contributed by atoms with van der Waals surface area (Å²) >= 11 is 12.3. The second kappa shape index (κ2) is 5.35. The van der Waals surface area contributed by atoms with E-state index < -0.39 is 0 Å². The van der Waals surface area contributed by atoms with E-state index in [1.165, 1.54) is 0 Å². The van der Waals surface area contributed by atoms with E-state index in [-0.39, 0.29) is 5.92 Å². The highest BCUT2D eigenvalue weighted by molar-refractivity contribution is 6.43. The summed E-state index contributed by atoms with van der Waals surface area (Å²) in [5.74, 6) is 1.37. The summed E-state index contributed by atoms with van der Waals surface area (Å²) in [5, 5.41) is 0.988. The van der Waals surface area contributed by atoms with Crippen molar-refractivity contribution in [2.24, 2.45) is 0 Å². The van der Waals surface area contributed by atoms with E-state index in [9.17, 15) is 0 Å². The van der Waals surface area contributed by atoms with Crippen LogP contribution in [0, 0.1) is 6.92 Å². The minimum absolute atomic E-state index is 0.194. The molecule has 5 heteroatoms. The molecule has 0 aliphatic heterocycles. The number of halogens is 2. The van der Waals surface area contributed by atoms with E-state index in [1.54, 1.807) is 6.07 Å². The highest BCUT2D eigenvalue weighted by Gasteiger charge is 2.16. The predicted octanol–water partition coefficient (Wildman–Crippen LogP) is 4.46. The van der Waals surface area contributed by atoms with Gasteiger partial charge in [0.15, 0.2) is 0 Å². The number of hydrogen-bond donors (Lipinski definition) is 1. The van der Waals surface area contributed by atoms with E-state index in [0.29, 0.717) is 21.7 Å². The highest BCUT2D eigenvalue weighted by atomic mass is 35.5. The zero-order valence-electron chi connectivity index (χ0n) is 11.0. The molecule has 0 aliphatic carbocycles. The Hall–Kier alpha value is -1.32. The van der Waals surface area contributed by atoms with Crippen LogP contribution in [0.2, 0.25) is 10.0 Å². The third-order valence-corrected chi connectivity index (χ3v) is 3.74. The van der Waals surface area contributed by atoms with Crippen molar-refractivity contribution in [1.29, 1.82) is 0 Å². The first-order valence-electron chi connectivity index (χ1n) is 6.00. The van der Waals surface area contributed by atoms with Crippen LogP contribution in [0.1, 0.15) is 31.2 Å². The lowest BCUT2D eigenvalue weighted by Gasteiger charge is -2.13. The number of nitrogens with zero attached hydrogens (tertiary/aromatic N) is 2. The molecular formula is C14H15Cl2N3. The van der Waals surface area contributed by atoms with Crippen molar-refractivity contribution in [2.75, 3.05) is 5.73 Å². The Labute approximate surface area is 122 Å². The van der Waals surface area contributed by atoms with Crippen LogP contribution in [0.25, 0.3) is 11.3 Å². The fourth-order valence-electron chi connectivity index (χ4n) is 1.76. The molecule has 0 aliphatic rings. The minimum atomic E-state index is 0.194. The first kappa shape index (κ1) is 14.1. The molecule has 0 saturated carbocycles. The standard InChI is InChI=1S/C14H15Cl2N3/c1-7(2)14-18-12(8(3)13(17)19-14)9-5-4-6-10(15)11(9)16/h4-7H,1-3H3,(H2,17,18,19). The van der Waals surface area contributed by atoms with Crippen molar-refractivity contribution in [1.82, 2.24) is 9.97 Å². The largest absolute Gasteiger partial charge is 0.383 e. The Balaban J connectivity index is 2.71. The molecule has 100 valence electrons. The smallest absolute Gasteiger partial charge is 0.133 e. The summed E-state index contributed by atoms with van der Waals surface area (Å²) in [4.78, 5) is 8.87. The Kier molecular flexibility index (Phi) is 3.97. The number of rotatable bonds is 2. The van der Waals surface area contributed by atoms with E-state index >= 15 is 0 Å². The molecule has 0 saturated heterocycles. The van der Waals surface area contributed by atoms with Gasteiger partial charge in [0.25, 0.3) is 0 Å². The van der Waals surface area contributed by atoms with Crippen LogP contribution in [-0.2, 0) is 0 Å². The molecule has 0 amide bonds. The monoisotopic (exact) mass is 295 g/mol. The Morgan fingerprint density at radius 2 is 1.84 bits per heavy atom. The maximum atomic E-state index is 6.25. The first-order valence-corrected chi connectivity index (χ1v) is 6.75. The lowest BCUT2D eigenvalue weighted by atomic mass is 10.1. The third kappa shape index (κ3) is 2.67. The zero-order chi connectivity index (χ0) is 14.2. The van der Waals surface area contributed by atoms with Crippen LogP contribution in [0.5, 0.6) is 0 Å². The molecule has 0 atom stereocenters. The summed E-state index contributed by atoms with van der Waals surface area (Å²) in [5.41, 5.74) is 8.29. The highest BCUT2D eigenvalue weighted by Crippen LogP contribution is 2.35. The molecule has 0 spiro atoms. The van der Waals surface area contributed by atoms with Crippen molar-refractivity contribution in [2.45, 2.75) is 26.7 Å². The number of hydrogen-bond acceptors (Lipinski definition) is 3. The van der Waals surface area contributed by atoms with Crippen molar-refractivity contribution < 1.29 is 0 Å². The average Bonchev–Trinajstić information content (AvgIpc) is 2.36. The topological polar surface area (TPSA) is 51.8 Å². The van der Waals surface area contributed by atoms with Gasteiger partial charge in [0.2, 0.25) is 0 Å². The normalized spacial score (nSPS) is 11.1. The van der Waals surface area contributed by atoms with Gasteiger partial charge in [-0.05, 0) is 13.0 Å². The lowest BCUT2D eigenvalue weighted by Crippen LogP contribution is -2.06. The van der Waals surface area contributed by atoms with Gasteiger partial charge in [-0.25, -0.2) is 9.97 Å². The molecule has 2 rings (SSSR count). The first-order chi connectivity index (χ1) is 8.91. The molecule has 2 N–H and O–H groups in total. The fraction of sp³-hybridized carbons (Fsp3) is 0.286. The van der Waals surface area contributed by atoms with Crippen molar-refractivity contribution in [3.63, 3.8) is 0 Å². The van der Waals surface area contributed by atoms with Crippen molar-refractivity contribution >= 4 is 29.0 Å². The van der Waals surface area contributed by atoms with Gasteiger partial charge in [0, 0.05) is 17.0 Å². The van der Waals surface area contributed by atoms with Crippen LogP contribution in [0.4, 0.5) is 5.82 Å². The summed E-state index contributed by atoms with van der Waals surface area (Å²) < 4.78 is 0. The van der Waals surface area contributed by atoms with Crippen LogP contribution in [-0.4, -0.2) is 9.97 Å². The molecule has 1 aromatic carbocycles. The van der Waals surface area contributed by atoms with Crippen molar-refractivity contribution in [3.8, 4) is 11.3 Å². The predicted molar refractivity (Wildman–Crippen MR) is 80.7 cm³/mol. The quantitative estimate of drug-likeness (QED) is 0.889. The molecule has 3 nitrogen and oxygen atoms in total. The third-order valence-electron chi connectivity index (χ3n) is 2.92. The van der Waals surface area contributed by atoms with Crippen LogP contribution in [0.15, 0.2) is 18.2 Å². The molecule has 0 radical (unpaired) electrons. The van der Waals surface area contributed by atoms with Gasteiger partial charge in [-0.2, -0.15) is 0 Å². The Bertz CT molecular complexity index is 624. The summed E-state index contributed by atoms with van der Waals surface area (Å²) in [7, 11) is 0. The van der Waals surface area contributed by atoms with E-state index in [1.807, 2.05) is 32.9 Å². The van der Waals surface area contributed by atoms with Gasteiger partial charge in [-0.1, -0.05) is 49.2 Å². The summed E-state index contributed by atoms with van der Waals surface area (Å²) in [6, 6.07) is 5.47. The van der Waals surface area contributed by atoms with Crippen molar-refractivity contribution in [3.05, 3.63) is 39.6 Å². The van der Waals surface area contributed by atoms with Crippen LogP contribution >= 0.6 is 23.2 Å². The van der Waals surface area contributed by atoms with Crippen LogP contribution < -0.4 is 5.73 Å². The van der Waals surface area contributed by atoms with Gasteiger partial charge in [-0.3, -0.25) is 0 Å². The van der Waals surface area contributed by atoms with Gasteiger partial charge in [0.1, 0.15) is 11.6 Å². The second-order valence-corrected chi connectivity index (χ2v) is 5.48. The number of anilines is 1. The SMILES string of the molecule is Cc1c(N)nc(C(C)C)nc1-c1cccc(Cl)c1Cl. The van der Waals surface area contributed by atoms with Gasteiger partial charge in [-0.15, -0.1) is 0 Å². The van der Waals surface area contributed by atoms with Crippen LogP contribution in [0.3, 0.4) is 0 Å². The number of nitrogens with two attached hydrogens (primary N) is 1. The molecule has 0 unspecified atom stereocenters. The second-order valence-electron chi connectivity index (χ2n) is 4.70. The number of aromatic nitrogens is 2. The Morgan fingerprint density at radius 3 is 2.47 bits per heavy atom. The summed E-state index contributed by atoms with van der Waals surface area (Å²) in [6.45, 7) is 5.92. The van der Waals surface area contributed by atoms with E-state index in [2.05, 4.69) is 9.97 Å². The molecule has 0 fully saturated rings. The van der Waals surface area contributed by atoms with Gasteiger partial charge < -0.3 is 5.73 Å². The average molecular weight is 296 g/mol. The minimum Gasteiger partial charge on any atom is -0.383 e. The maximum Gasteiger partial charge on any atom is 0.133 e. The maximum absolute atomic E-state index is 6.25. The lowest BCUT2D eigenvalue weighted by molar-refractivity contribution is 0.776. The molecule has 2 aromatic rings. The van der Waals surface area contributed by atoms with E-state index in [0.717, 1.165) is 16.8 Å². The molecule has 0 bridgehead atoms. The molecular weight excluding hydrogens is 281 g/mol. The number of nitrogen functional groups attached to an aromatic ring is 1. The zero-order valence-corrected chi connectivity index (χ0v) is 12.5. The fourth-order valence-corrected chi connectivity index (χ4v) is 2.15. The number of benzene rings is 1. The molecule has 19 heavy (non-hydrogen) atoms. The molecule has 1 heterocycles. The van der Waals surface area contributed by atoms with E-state index in [4.69, 9.17) is 28.9 Å². The van der Waals surface area contributed by atoms with Gasteiger partial charge in [0.05, 0.1) is 15.7 Å². The molecule has 1 aromatic heterocycles. The summed E-state index contributed by atoms with van der Waals surface area (Å²) in [6.07, 6.45) is 0. The Morgan fingerprint density at radius 1 is 1.16 bits per heavy atom.